The molecule has 1 aromatic rings. The number of rotatable bonds is 2. The predicted molar refractivity (Wildman–Crippen MR) is 49.9 cm³/mol. The molecule has 0 atom stereocenters. The summed E-state index contributed by atoms with van der Waals surface area (Å²) in [6.45, 7) is 1.92. The Labute approximate surface area is 71.9 Å². The summed E-state index contributed by atoms with van der Waals surface area (Å²) in [6, 6.07) is 1.75. The van der Waals surface area contributed by atoms with Crippen LogP contribution < -0.4 is 10.5 Å². The van der Waals surface area contributed by atoms with Crippen molar-refractivity contribution in [3.8, 4) is 5.75 Å². The van der Waals surface area contributed by atoms with Crippen molar-refractivity contribution in [1.29, 1.82) is 0 Å². The number of ether oxygens (including phenoxy) is 1. The Bertz CT molecular complexity index is 295. The molecule has 1 rings (SSSR count). The van der Waals surface area contributed by atoms with Crippen LogP contribution in [0.25, 0.3) is 6.08 Å². The highest BCUT2D eigenvalue weighted by Crippen LogP contribution is 2.17. The van der Waals surface area contributed by atoms with Gasteiger partial charge in [0.15, 0.2) is 0 Å². The van der Waals surface area contributed by atoms with Crippen LogP contribution in [0.5, 0.6) is 5.75 Å². The van der Waals surface area contributed by atoms with E-state index in [1.54, 1.807) is 19.4 Å². The number of aromatic nitrogens is 1. The Balaban J connectivity index is 3.03. The fraction of sp³-hybridized carbons (Fsp3) is 0.222. The quantitative estimate of drug-likeness (QED) is 0.723. The van der Waals surface area contributed by atoms with E-state index in [0.717, 1.165) is 5.69 Å². The third kappa shape index (κ3) is 1.75. The summed E-state index contributed by atoms with van der Waals surface area (Å²) in [5.74, 6) is 0.681. The average Bonchev–Trinajstić information content (AvgIpc) is 2.09. The lowest BCUT2D eigenvalue weighted by atomic mass is 10.3. The van der Waals surface area contributed by atoms with E-state index in [-0.39, 0.29) is 0 Å². The Hall–Kier alpha value is -1.51. The molecule has 0 radical (unpaired) electrons. The molecule has 0 spiro atoms. The van der Waals surface area contributed by atoms with Gasteiger partial charge >= 0.3 is 0 Å². The van der Waals surface area contributed by atoms with E-state index in [2.05, 4.69) is 4.98 Å². The fourth-order valence-electron chi connectivity index (χ4n) is 0.881. The summed E-state index contributed by atoms with van der Waals surface area (Å²) >= 11 is 0. The minimum absolute atomic E-state index is 0.632. The van der Waals surface area contributed by atoms with E-state index in [0.29, 0.717) is 11.4 Å². The summed E-state index contributed by atoms with van der Waals surface area (Å²) in [7, 11) is 1.59. The Morgan fingerprint density at radius 3 is 2.83 bits per heavy atom. The predicted octanol–water partition coefficient (Wildman–Crippen LogP) is 1.71. The van der Waals surface area contributed by atoms with Gasteiger partial charge in [-0.3, -0.25) is 4.98 Å². The van der Waals surface area contributed by atoms with Crippen LogP contribution in [0.1, 0.15) is 12.6 Å². The molecule has 0 saturated heterocycles. The molecule has 0 aliphatic heterocycles. The molecule has 0 aromatic carbocycles. The molecule has 0 amide bonds. The van der Waals surface area contributed by atoms with Gasteiger partial charge in [0.05, 0.1) is 24.7 Å². The Kier molecular flexibility index (Phi) is 2.69. The van der Waals surface area contributed by atoms with Crippen molar-refractivity contribution in [3.63, 3.8) is 0 Å². The molecule has 0 saturated carbocycles. The molecule has 64 valence electrons. The summed E-state index contributed by atoms with van der Waals surface area (Å²) in [5.41, 5.74) is 7.10. The molecule has 0 bridgehead atoms. The van der Waals surface area contributed by atoms with E-state index >= 15 is 0 Å². The molecule has 2 N–H and O–H groups in total. The van der Waals surface area contributed by atoms with Crippen LogP contribution in [-0.4, -0.2) is 12.1 Å². The monoisotopic (exact) mass is 164 g/mol. The molecule has 0 fully saturated rings. The van der Waals surface area contributed by atoms with Crippen molar-refractivity contribution in [2.24, 2.45) is 0 Å². The first-order valence-corrected chi connectivity index (χ1v) is 3.70. The average molecular weight is 164 g/mol. The molecular weight excluding hydrogens is 152 g/mol. The second-order valence-corrected chi connectivity index (χ2v) is 2.35. The summed E-state index contributed by atoms with van der Waals surface area (Å²) in [5, 5.41) is 0. The molecule has 0 aliphatic rings. The molecule has 3 heteroatoms. The highest BCUT2D eigenvalue weighted by molar-refractivity contribution is 5.61. The molecule has 1 aromatic heterocycles. The van der Waals surface area contributed by atoms with Gasteiger partial charge in [-0.05, 0) is 13.0 Å². The summed E-state index contributed by atoms with van der Waals surface area (Å²) < 4.78 is 4.96. The largest absolute Gasteiger partial charge is 0.495 e. The number of nitrogens with zero attached hydrogens (tertiary/aromatic N) is 1. The zero-order valence-electron chi connectivity index (χ0n) is 7.24. The Morgan fingerprint density at radius 2 is 2.33 bits per heavy atom. The van der Waals surface area contributed by atoms with Gasteiger partial charge in [0, 0.05) is 6.07 Å². The maximum atomic E-state index is 5.69. The smallest absolute Gasteiger partial charge is 0.139 e. The number of nitrogens with two attached hydrogens (primary N) is 1. The van der Waals surface area contributed by atoms with Crippen molar-refractivity contribution in [2.75, 3.05) is 12.8 Å². The molecule has 0 aliphatic carbocycles. The van der Waals surface area contributed by atoms with E-state index < -0.39 is 0 Å². The molecule has 3 nitrogen and oxygen atoms in total. The van der Waals surface area contributed by atoms with Gasteiger partial charge in [0.25, 0.3) is 0 Å². The van der Waals surface area contributed by atoms with Crippen LogP contribution >= 0.6 is 0 Å². The topological polar surface area (TPSA) is 48.1 Å². The lowest BCUT2D eigenvalue weighted by Gasteiger charge is -2.02. The first kappa shape index (κ1) is 8.59. The summed E-state index contributed by atoms with van der Waals surface area (Å²) in [6.07, 6.45) is 5.39. The van der Waals surface area contributed by atoms with Gasteiger partial charge in [-0.1, -0.05) is 6.08 Å². The van der Waals surface area contributed by atoms with E-state index in [4.69, 9.17) is 10.5 Å². The standard InChI is InChI=1S/C9H12N2O/c1-3-4-9-8(10)5-7(12-2)6-11-9/h3-6H,10H2,1-2H3/b4-3+. The number of pyridine rings is 1. The molecular formula is C9H12N2O. The minimum atomic E-state index is 0.632. The third-order valence-electron chi connectivity index (χ3n) is 1.48. The first-order chi connectivity index (χ1) is 5.77. The number of anilines is 1. The maximum absolute atomic E-state index is 5.69. The number of hydrogen-bond acceptors (Lipinski definition) is 3. The van der Waals surface area contributed by atoms with Crippen molar-refractivity contribution in [2.45, 2.75) is 6.92 Å². The third-order valence-corrected chi connectivity index (χ3v) is 1.48. The number of methoxy groups -OCH3 is 1. The normalized spacial score (nSPS) is 10.5. The number of allylic oxidation sites excluding steroid dienone is 1. The number of hydrogen-bond donors (Lipinski definition) is 1. The zero-order chi connectivity index (χ0) is 8.97. The van der Waals surface area contributed by atoms with Crippen molar-refractivity contribution in [3.05, 3.63) is 24.0 Å². The van der Waals surface area contributed by atoms with Gasteiger partial charge in [-0.2, -0.15) is 0 Å². The van der Waals surface area contributed by atoms with Crippen LogP contribution in [0.3, 0.4) is 0 Å². The maximum Gasteiger partial charge on any atom is 0.139 e. The van der Waals surface area contributed by atoms with E-state index in [1.807, 2.05) is 19.1 Å². The van der Waals surface area contributed by atoms with Gasteiger partial charge < -0.3 is 10.5 Å². The van der Waals surface area contributed by atoms with Crippen molar-refractivity contribution in [1.82, 2.24) is 4.98 Å². The lowest BCUT2D eigenvalue weighted by molar-refractivity contribution is 0.413. The Morgan fingerprint density at radius 1 is 1.58 bits per heavy atom. The second-order valence-electron chi connectivity index (χ2n) is 2.35. The molecule has 1 heterocycles. The minimum Gasteiger partial charge on any atom is -0.495 e. The van der Waals surface area contributed by atoms with Crippen LogP contribution in [0, 0.1) is 0 Å². The molecule has 12 heavy (non-hydrogen) atoms. The van der Waals surface area contributed by atoms with Gasteiger partial charge in [0.2, 0.25) is 0 Å². The number of nitrogen functional groups attached to an aromatic ring is 1. The van der Waals surface area contributed by atoms with Crippen molar-refractivity contribution < 1.29 is 4.74 Å². The fourth-order valence-corrected chi connectivity index (χ4v) is 0.881. The van der Waals surface area contributed by atoms with Gasteiger partial charge in [0.1, 0.15) is 5.75 Å². The highest BCUT2D eigenvalue weighted by atomic mass is 16.5. The van der Waals surface area contributed by atoms with Gasteiger partial charge in [-0.15, -0.1) is 0 Å². The summed E-state index contributed by atoms with van der Waals surface area (Å²) in [4.78, 5) is 4.10. The van der Waals surface area contributed by atoms with Crippen LogP contribution in [0.15, 0.2) is 18.3 Å². The first-order valence-electron chi connectivity index (χ1n) is 3.70. The highest BCUT2D eigenvalue weighted by Gasteiger charge is 1.97. The van der Waals surface area contributed by atoms with Gasteiger partial charge in [-0.25, -0.2) is 0 Å². The van der Waals surface area contributed by atoms with Crippen LogP contribution in [-0.2, 0) is 0 Å². The van der Waals surface area contributed by atoms with Crippen LogP contribution in [0.4, 0.5) is 5.69 Å². The zero-order valence-corrected chi connectivity index (χ0v) is 7.24. The van der Waals surface area contributed by atoms with E-state index in [9.17, 15) is 0 Å². The van der Waals surface area contributed by atoms with Crippen molar-refractivity contribution >= 4 is 11.8 Å². The van der Waals surface area contributed by atoms with E-state index in [1.165, 1.54) is 0 Å². The van der Waals surface area contributed by atoms with Crippen LogP contribution in [0.2, 0.25) is 0 Å². The molecule has 0 unspecified atom stereocenters. The SMILES string of the molecule is C/C=C/c1ncc(OC)cc1N. The lowest BCUT2D eigenvalue weighted by Crippen LogP contribution is -1.94. The second kappa shape index (κ2) is 3.76.